The summed E-state index contributed by atoms with van der Waals surface area (Å²) in [7, 11) is -3.27. The number of nitrogen functional groups attached to an aromatic ring is 1. The van der Waals surface area contributed by atoms with Crippen LogP contribution in [0.15, 0.2) is 47.4 Å². The van der Waals surface area contributed by atoms with Gasteiger partial charge in [-0.3, -0.25) is 0 Å². The van der Waals surface area contributed by atoms with Crippen LogP contribution in [-0.2, 0) is 16.4 Å². The fraction of sp³-hybridized carbons (Fsp3) is 0.143. The van der Waals surface area contributed by atoms with Gasteiger partial charge in [0.25, 0.3) is 0 Å². The molecule has 6 heteroatoms. The maximum absolute atomic E-state index is 11.4. The van der Waals surface area contributed by atoms with E-state index in [9.17, 15) is 8.42 Å². The van der Waals surface area contributed by atoms with Crippen LogP contribution in [0.2, 0.25) is 5.02 Å². The molecule has 0 bridgehead atoms. The van der Waals surface area contributed by atoms with Gasteiger partial charge in [0.1, 0.15) is 12.4 Å². The smallest absolute Gasteiger partial charge is 0.175 e. The number of nitrogens with two attached hydrogens (primary N) is 1. The van der Waals surface area contributed by atoms with Crippen molar-refractivity contribution in [1.82, 2.24) is 0 Å². The molecule has 0 aliphatic heterocycles. The van der Waals surface area contributed by atoms with Crippen molar-refractivity contribution < 1.29 is 13.2 Å². The predicted octanol–water partition coefficient (Wildman–Crippen LogP) is 2.90. The van der Waals surface area contributed by atoms with E-state index in [-0.39, 0.29) is 17.2 Å². The minimum atomic E-state index is -3.27. The van der Waals surface area contributed by atoms with Gasteiger partial charge in [-0.2, -0.15) is 0 Å². The maximum atomic E-state index is 11.4. The number of hydrogen-bond donors (Lipinski definition) is 1. The Morgan fingerprint density at radius 2 is 1.90 bits per heavy atom. The van der Waals surface area contributed by atoms with E-state index in [0.29, 0.717) is 10.8 Å². The molecule has 2 N–H and O–H groups in total. The average molecular weight is 312 g/mol. The van der Waals surface area contributed by atoms with Crippen molar-refractivity contribution in [2.24, 2.45) is 0 Å². The van der Waals surface area contributed by atoms with Gasteiger partial charge in [-0.1, -0.05) is 29.8 Å². The molecule has 2 aromatic carbocycles. The largest absolute Gasteiger partial charge is 0.487 e. The van der Waals surface area contributed by atoms with Crippen molar-refractivity contribution in [3.8, 4) is 5.75 Å². The van der Waals surface area contributed by atoms with E-state index in [1.807, 2.05) is 18.2 Å². The highest BCUT2D eigenvalue weighted by atomic mass is 35.5. The first kappa shape index (κ1) is 14.7. The van der Waals surface area contributed by atoms with E-state index < -0.39 is 9.84 Å². The molecule has 0 amide bonds. The molecule has 0 aliphatic rings. The zero-order valence-electron chi connectivity index (χ0n) is 10.8. The summed E-state index contributed by atoms with van der Waals surface area (Å²) in [5.41, 5.74) is 6.91. The molecule has 0 atom stereocenters. The number of rotatable bonds is 4. The molecule has 0 unspecified atom stereocenters. The summed E-state index contributed by atoms with van der Waals surface area (Å²) in [6.07, 6.45) is 1.13. The summed E-state index contributed by atoms with van der Waals surface area (Å²) >= 11 is 6.02. The van der Waals surface area contributed by atoms with Gasteiger partial charge in [-0.15, -0.1) is 0 Å². The number of hydrogen-bond acceptors (Lipinski definition) is 4. The van der Waals surface area contributed by atoms with Crippen LogP contribution < -0.4 is 10.5 Å². The lowest BCUT2D eigenvalue weighted by Crippen LogP contribution is -2.02. The lowest BCUT2D eigenvalue weighted by molar-refractivity contribution is 0.308. The molecule has 4 nitrogen and oxygen atoms in total. The van der Waals surface area contributed by atoms with Gasteiger partial charge in [0, 0.05) is 16.8 Å². The first-order chi connectivity index (χ1) is 9.38. The van der Waals surface area contributed by atoms with E-state index in [2.05, 4.69) is 0 Å². The van der Waals surface area contributed by atoms with Gasteiger partial charge in [0.15, 0.2) is 9.84 Å². The normalized spacial score (nSPS) is 11.3. The summed E-state index contributed by atoms with van der Waals surface area (Å²) in [5.74, 6) is 0.428. The Hall–Kier alpha value is -1.72. The van der Waals surface area contributed by atoms with E-state index in [1.165, 1.54) is 12.1 Å². The third-order valence-electron chi connectivity index (χ3n) is 2.75. The molecule has 2 aromatic rings. The third kappa shape index (κ3) is 3.43. The van der Waals surface area contributed by atoms with E-state index in [1.54, 1.807) is 12.1 Å². The summed E-state index contributed by atoms with van der Waals surface area (Å²) in [5, 5.41) is 0.610. The molecule has 0 saturated carbocycles. The molecule has 0 aromatic heterocycles. The Morgan fingerprint density at radius 3 is 2.50 bits per heavy atom. The van der Waals surface area contributed by atoms with Crippen molar-refractivity contribution >= 4 is 27.1 Å². The van der Waals surface area contributed by atoms with Crippen LogP contribution in [0, 0.1) is 0 Å². The highest BCUT2D eigenvalue weighted by molar-refractivity contribution is 7.90. The van der Waals surface area contributed by atoms with Gasteiger partial charge in [0.05, 0.1) is 10.6 Å². The van der Waals surface area contributed by atoms with Crippen molar-refractivity contribution in [2.75, 3.05) is 12.0 Å². The lowest BCUT2D eigenvalue weighted by atomic mass is 10.2. The minimum Gasteiger partial charge on any atom is -0.487 e. The SMILES string of the molecule is CS(=O)(=O)c1ccc(OCc2ccccc2Cl)c(N)c1. The fourth-order valence-electron chi connectivity index (χ4n) is 1.66. The van der Waals surface area contributed by atoms with Crippen molar-refractivity contribution in [3.05, 3.63) is 53.1 Å². The second kappa shape index (κ2) is 5.73. The summed E-state index contributed by atoms with van der Waals surface area (Å²) in [6, 6.07) is 11.7. The van der Waals surface area contributed by atoms with Crippen LogP contribution in [0.1, 0.15) is 5.56 Å². The molecule has 106 valence electrons. The summed E-state index contributed by atoms with van der Waals surface area (Å²) in [6.45, 7) is 0.266. The van der Waals surface area contributed by atoms with E-state index >= 15 is 0 Å². The zero-order chi connectivity index (χ0) is 14.8. The number of halogens is 1. The first-order valence-corrected chi connectivity index (χ1v) is 8.10. The third-order valence-corrected chi connectivity index (χ3v) is 4.23. The Balaban J connectivity index is 2.17. The molecule has 0 spiro atoms. The lowest BCUT2D eigenvalue weighted by Gasteiger charge is -2.10. The Kier molecular flexibility index (Phi) is 4.20. The van der Waals surface area contributed by atoms with Gasteiger partial charge in [0.2, 0.25) is 0 Å². The van der Waals surface area contributed by atoms with Gasteiger partial charge < -0.3 is 10.5 Å². The topological polar surface area (TPSA) is 69.4 Å². The van der Waals surface area contributed by atoms with Crippen LogP contribution in [0.4, 0.5) is 5.69 Å². The molecular formula is C14H14ClNO3S. The molecule has 0 aliphatic carbocycles. The van der Waals surface area contributed by atoms with Crippen LogP contribution in [-0.4, -0.2) is 14.7 Å². The first-order valence-electron chi connectivity index (χ1n) is 5.84. The number of anilines is 1. The number of ether oxygens (including phenoxy) is 1. The predicted molar refractivity (Wildman–Crippen MR) is 79.7 cm³/mol. The van der Waals surface area contributed by atoms with Crippen LogP contribution in [0.25, 0.3) is 0 Å². The van der Waals surface area contributed by atoms with Crippen molar-refractivity contribution in [1.29, 1.82) is 0 Å². The molecule has 2 rings (SSSR count). The second-order valence-electron chi connectivity index (χ2n) is 4.35. The molecular weight excluding hydrogens is 298 g/mol. The Morgan fingerprint density at radius 1 is 1.20 bits per heavy atom. The minimum absolute atomic E-state index is 0.167. The van der Waals surface area contributed by atoms with Gasteiger partial charge in [-0.25, -0.2) is 8.42 Å². The molecule has 0 fully saturated rings. The summed E-state index contributed by atoms with van der Waals surface area (Å²) < 4.78 is 28.4. The van der Waals surface area contributed by atoms with E-state index in [4.69, 9.17) is 22.1 Å². The highest BCUT2D eigenvalue weighted by Gasteiger charge is 2.10. The fourth-order valence-corrected chi connectivity index (χ4v) is 2.51. The average Bonchev–Trinajstić information content (AvgIpc) is 2.38. The van der Waals surface area contributed by atoms with E-state index in [0.717, 1.165) is 11.8 Å². The zero-order valence-corrected chi connectivity index (χ0v) is 12.4. The monoisotopic (exact) mass is 311 g/mol. The molecule has 20 heavy (non-hydrogen) atoms. The Bertz CT molecular complexity index is 729. The Labute approximate surface area is 123 Å². The highest BCUT2D eigenvalue weighted by Crippen LogP contribution is 2.26. The van der Waals surface area contributed by atoms with Crippen molar-refractivity contribution in [2.45, 2.75) is 11.5 Å². The molecule has 0 heterocycles. The molecule has 0 saturated heterocycles. The maximum Gasteiger partial charge on any atom is 0.175 e. The molecule has 0 radical (unpaired) electrons. The second-order valence-corrected chi connectivity index (χ2v) is 6.77. The quantitative estimate of drug-likeness (QED) is 0.881. The van der Waals surface area contributed by atoms with Crippen molar-refractivity contribution in [3.63, 3.8) is 0 Å². The van der Waals surface area contributed by atoms with Gasteiger partial charge >= 0.3 is 0 Å². The van der Waals surface area contributed by atoms with Crippen LogP contribution in [0.3, 0.4) is 0 Å². The summed E-state index contributed by atoms with van der Waals surface area (Å²) in [4.78, 5) is 0.167. The van der Waals surface area contributed by atoms with Crippen LogP contribution in [0.5, 0.6) is 5.75 Å². The standard InChI is InChI=1S/C14H14ClNO3S/c1-20(17,18)11-6-7-14(13(16)8-11)19-9-10-4-2-3-5-12(10)15/h2-8H,9,16H2,1H3. The van der Waals surface area contributed by atoms with Gasteiger partial charge in [-0.05, 0) is 24.3 Å². The van der Waals surface area contributed by atoms with Crippen LogP contribution >= 0.6 is 11.6 Å². The number of benzene rings is 2. The number of sulfone groups is 1.